The predicted octanol–water partition coefficient (Wildman–Crippen LogP) is 2.22. The Morgan fingerprint density at radius 1 is 1.18 bits per heavy atom. The molecule has 1 N–H and O–H groups in total. The summed E-state index contributed by atoms with van der Waals surface area (Å²) in [7, 11) is 0. The third kappa shape index (κ3) is 4.83. The van der Waals surface area contributed by atoms with Crippen molar-refractivity contribution >= 4 is 34.4 Å². The minimum absolute atomic E-state index is 0.127. The molecule has 2 aromatic carbocycles. The average Bonchev–Trinajstić information content (AvgIpc) is 2.56. The summed E-state index contributed by atoms with van der Waals surface area (Å²) >= 11 is 1.37. The largest absolute Gasteiger partial charge is 0.455 e. The highest BCUT2D eigenvalue weighted by Crippen LogP contribution is 2.23. The van der Waals surface area contributed by atoms with E-state index >= 15 is 0 Å². The molecule has 0 aromatic heterocycles. The fourth-order valence-electron chi connectivity index (χ4n) is 1.79. The number of terminal acetylenes is 1. The highest BCUT2D eigenvalue weighted by atomic mass is 32.2. The van der Waals surface area contributed by atoms with Gasteiger partial charge in [0.1, 0.15) is 0 Å². The highest BCUT2D eigenvalue weighted by Gasteiger charge is 2.08. The van der Waals surface area contributed by atoms with Gasteiger partial charge in [-0.2, -0.15) is 0 Å². The minimum Gasteiger partial charge on any atom is -0.455 e. The van der Waals surface area contributed by atoms with Crippen LogP contribution in [-0.4, -0.2) is 30.8 Å². The molecular formula is C17H15NO3S. The Labute approximate surface area is 133 Å². The van der Waals surface area contributed by atoms with Gasteiger partial charge in [-0.1, -0.05) is 36.3 Å². The van der Waals surface area contributed by atoms with Crippen LogP contribution >= 0.6 is 11.8 Å². The average molecular weight is 313 g/mol. The van der Waals surface area contributed by atoms with E-state index in [4.69, 9.17) is 11.2 Å². The van der Waals surface area contributed by atoms with Gasteiger partial charge in [-0.3, -0.25) is 9.59 Å². The third-order valence-corrected chi connectivity index (χ3v) is 3.80. The lowest BCUT2D eigenvalue weighted by atomic mass is 10.1. The second-order valence-corrected chi connectivity index (χ2v) is 5.49. The van der Waals surface area contributed by atoms with Crippen molar-refractivity contribution in [3.8, 4) is 12.3 Å². The molecule has 0 aliphatic rings. The second-order valence-electron chi connectivity index (χ2n) is 4.44. The summed E-state index contributed by atoms with van der Waals surface area (Å²) in [5, 5.41) is 4.69. The highest BCUT2D eigenvalue weighted by molar-refractivity contribution is 8.00. The van der Waals surface area contributed by atoms with E-state index in [1.807, 2.05) is 42.5 Å². The lowest BCUT2D eigenvalue weighted by Gasteiger charge is -2.05. The Morgan fingerprint density at radius 3 is 2.73 bits per heavy atom. The number of hydrogen-bond donors (Lipinski definition) is 1. The molecule has 22 heavy (non-hydrogen) atoms. The summed E-state index contributed by atoms with van der Waals surface area (Å²) in [6.45, 7) is -0.180. The lowest BCUT2D eigenvalue weighted by molar-refractivity contribution is -0.145. The summed E-state index contributed by atoms with van der Waals surface area (Å²) in [6.07, 6.45) is 5.01. The van der Waals surface area contributed by atoms with Gasteiger partial charge in [0, 0.05) is 4.90 Å². The summed E-state index contributed by atoms with van der Waals surface area (Å²) in [4.78, 5) is 23.8. The first-order chi connectivity index (χ1) is 10.7. The summed E-state index contributed by atoms with van der Waals surface area (Å²) in [6, 6.07) is 14.0. The molecule has 0 heterocycles. The summed E-state index contributed by atoms with van der Waals surface area (Å²) in [5.41, 5.74) is 0. The van der Waals surface area contributed by atoms with Crippen molar-refractivity contribution in [2.75, 3.05) is 18.9 Å². The van der Waals surface area contributed by atoms with Crippen LogP contribution < -0.4 is 5.32 Å². The molecule has 0 aliphatic heterocycles. The maximum absolute atomic E-state index is 11.6. The molecule has 0 atom stereocenters. The number of carbonyl (C=O) groups is 2. The van der Waals surface area contributed by atoms with Gasteiger partial charge in [-0.25, -0.2) is 0 Å². The van der Waals surface area contributed by atoms with E-state index in [-0.39, 0.29) is 18.9 Å². The van der Waals surface area contributed by atoms with Crippen molar-refractivity contribution in [2.45, 2.75) is 4.90 Å². The van der Waals surface area contributed by atoms with Crippen molar-refractivity contribution in [3.05, 3.63) is 42.5 Å². The second kappa shape index (κ2) is 8.11. The SMILES string of the molecule is C#CCNC(=O)COC(=O)CSc1ccc2ccccc2c1. The number of benzene rings is 2. The van der Waals surface area contributed by atoms with E-state index in [1.54, 1.807) is 0 Å². The van der Waals surface area contributed by atoms with Gasteiger partial charge >= 0.3 is 5.97 Å². The zero-order valence-electron chi connectivity index (χ0n) is 11.9. The molecule has 0 spiro atoms. The van der Waals surface area contributed by atoms with Gasteiger partial charge in [-0.15, -0.1) is 18.2 Å². The normalized spacial score (nSPS) is 9.95. The number of carbonyl (C=O) groups excluding carboxylic acids is 2. The molecule has 0 radical (unpaired) electrons. The number of ether oxygens (including phenoxy) is 1. The molecule has 2 rings (SSSR count). The number of hydrogen-bond acceptors (Lipinski definition) is 4. The zero-order chi connectivity index (χ0) is 15.8. The van der Waals surface area contributed by atoms with Crippen molar-refractivity contribution in [3.63, 3.8) is 0 Å². The fourth-order valence-corrected chi connectivity index (χ4v) is 2.53. The maximum atomic E-state index is 11.6. The molecule has 0 aliphatic carbocycles. The van der Waals surface area contributed by atoms with Crippen LogP contribution in [0, 0.1) is 12.3 Å². The standard InChI is InChI=1S/C17H15NO3S/c1-2-9-18-16(19)11-21-17(20)12-22-15-8-7-13-5-3-4-6-14(13)10-15/h1,3-8,10H,9,11-12H2,(H,18,19). The Kier molecular flexibility index (Phi) is 5.87. The predicted molar refractivity (Wildman–Crippen MR) is 87.5 cm³/mol. The first-order valence-electron chi connectivity index (χ1n) is 6.66. The van der Waals surface area contributed by atoms with Crippen LogP contribution in [0.15, 0.2) is 47.4 Å². The number of thioether (sulfide) groups is 1. The maximum Gasteiger partial charge on any atom is 0.316 e. The van der Waals surface area contributed by atoms with Crippen LogP contribution in [0.1, 0.15) is 0 Å². The van der Waals surface area contributed by atoms with Crippen LogP contribution in [0.3, 0.4) is 0 Å². The van der Waals surface area contributed by atoms with Gasteiger partial charge in [-0.05, 0) is 22.9 Å². The zero-order valence-corrected chi connectivity index (χ0v) is 12.7. The van der Waals surface area contributed by atoms with Crippen molar-refractivity contribution < 1.29 is 14.3 Å². The van der Waals surface area contributed by atoms with Gasteiger partial charge < -0.3 is 10.1 Å². The number of amides is 1. The monoisotopic (exact) mass is 313 g/mol. The van der Waals surface area contributed by atoms with Crippen molar-refractivity contribution in [1.82, 2.24) is 5.32 Å². The number of fused-ring (bicyclic) bond motifs is 1. The van der Waals surface area contributed by atoms with Crippen LogP contribution in [0.25, 0.3) is 10.8 Å². The van der Waals surface area contributed by atoms with E-state index in [1.165, 1.54) is 11.8 Å². The number of rotatable bonds is 6. The van der Waals surface area contributed by atoms with Crippen LogP contribution in [0.4, 0.5) is 0 Å². The topological polar surface area (TPSA) is 55.4 Å². The van der Waals surface area contributed by atoms with Gasteiger partial charge in [0.05, 0.1) is 12.3 Å². The lowest BCUT2D eigenvalue weighted by Crippen LogP contribution is -2.29. The molecule has 2 aromatic rings. The van der Waals surface area contributed by atoms with E-state index in [2.05, 4.69) is 11.2 Å². The molecule has 0 bridgehead atoms. The smallest absolute Gasteiger partial charge is 0.316 e. The van der Waals surface area contributed by atoms with Gasteiger partial charge in [0.15, 0.2) is 6.61 Å². The first-order valence-corrected chi connectivity index (χ1v) is 7.65. The van der Waals surface area contributed by atoms with Gasteiger partial charge in [0.25, 0.3) is 5.91 Å². The van der Waals surface area contributed by atoms with Crippen LogP contribution in [-0.2, 0) is 14.3 Å². The molecule has 1 amide bonds. The Hall–Kier alpha value is -2.45. The van der Waals surface area contributed by atoms with E-state index in [0.717, 1.165) is 15.7 Å². The van der Waals surface area contributed by atoms with Crippen molar-refractivity contribution in [1.29, 1.82) is 0 Å². The van der Waals surface area contributed by atoms with E-state index in [0.29, 0.717) is 0 Å². The van der Waals surface area contributed by atoms with Crippen LogP contribution in [0.5, 0.6) is 0 Å². The fraction of sp³-hybridized carbons (Fsp3) is 0.176. The number of nitrogens with one attached hydrogen (secondary N) is 1. The molecule has 0 unspecified atom stereocenters. The molecule has 5 heteroatoms. The molecular weight excluding hydrogens is 298 g/mol. The quantitative estimate of drug-likeness (QED) is 0.505. The molecule has 0 saturated heterocycles. The Balaban J connectivity index is 1.80. The Bertz CT molecular complexity index is 721. The van der Waals surface area contributed by atoms with Gasteiger partial charge in [0.2, 0.25) is 0 Å². The molecule has 4 nitrogen and oxygen atoms in total. The van der Waals surface area contributed by atoms with E-state index in [9.17, 15) is 9.59 Å². The molecule has 112 valence electrons. The van der Waals surface area contributed by atoms with Crippen LogP contribution in [0.2, 0.25) is 0 Å². The van der Waals surface area contributed by atoms with E-state index < -0.39 is 11.9 Å². The summed E-state index contributed by atoms with van der Waals surface area (Å²) < 4.78 is 4.87. The Morgan fingerprint density at radius 2 is 1.95 bits per heavy atom. The van der Waals surface area contributed by atoms with Crippen molar-refractivity contribution in [2.24, 2.45) is 0 Å². The minimum atomic E-state index is -0.436. The first kappa shape index (κ1) is 15.9. The third-order valence-electron chi connectivity index (χ3n) is 2.83. The molecule has 0 fully saturated rings. The molecule has 0 saturated carbocycles. The summed E-state index contributed by atoms with van der Waals surface area (Å²) in [5.74, 6) is 1.59. The number of esters is 1.